The number of sulfone groups is 1. The number of benzene rings is 1. The number of halogens is 1. The van der Waals surface area contributed by atoms with Crippen molar-refractivity contribution in [1.29, 1.82) is 0 Å². The minimum absolute atomic E-state index is 0.150. The normalized spacial score (nSPS) is 14.9. The zero-order valence-corrected chi connectivity index (χ0v) is 16.5. The van der Waals surface area contributed by atoms with Crippen molar-refractivity contribution in [1.82, 2.24) is 0 Å². The van der Waals surface area contributed by atoms with Gasteiger partial charge in [0.15, 0.2) is 21.9 Å². The van der Waals surface area contributed by atoms with Crippen LogP contribution in [0.25, 0.3) is 5.57 Å². The van der Waals surface area contributed by atoms with Gasteiger partial charge in [-0.05, 0) is 30.0 Å². The molecule has 0 saturated carbocycles. The molecule has 1 atom stereocenters. The lowest BCUT2D eigenvalue weighted by Crippen LogP contribution is -2.17. The van der Waals surface area contributed by atoms with Crippen molar-refractivity contribution >= 4 is 37.6 Å². The Morgan fingerprint density at radius 2 is 1.78 bits per heavy atom. The lowest BCUT2D eigenvalue weighted by molar-refractivity contribution is -0.108. The van der Waals surface area contributed by atoms with Gasteiger partial charge in [-0.3, -0.25) is 4.79 Å². The van der Waals surface area contributed by atoms with Crippen LogP contribution in [0.1, 0.15) is 33.3 Å². The van der Waals surface area contributed by atoms with E-state index in [1.807, 2.05) is 27.7 Å². The van der Waals surface area contributed by atoms with Gasteiger partial charge in [-0.15, -0.1) is 0 Å². The van der Waals surface area contributed by atoms with Crippen LogP contribution < -0.4 is 0 Å². The molecular weight excluding hydrogens is 380 g/mol. The van der Waals surface area contributed by atoms with E-state index in [-0.39, 0.29) is 22.2 Å². The van der Waals surface area contributed by atoms with Gasteiger partial charge in [0.05, 0.1) is 4.90 Å². The van der Waals surface area contributed by atoms with Crippen LogP contribution in [0.2, 0.25) is 0 Å². The van der Waals surface area contributed by atoms with Gasteiger partial charge in [-0.1, -0.05) is 48.8 Å². The second-order valence-corrected chi connectivity index (χ2v) is 9.15. The molecule has 0 aromatic heterocycles. The summed E-state index contributed by atoms with van der Waals surface area (Å²) in [4.78, 5) is 11.8. The number of aldehydes is 1. The number of carbonyl (C=O) groups is 1. The highest BCUT2D eigenvalue weighted by Gasteiger charge is 2.25. The highest BCUT2D eigenvalue weighted by atomic mass is 79.9. The Morgan fingerprint density at radius 1 is 1.26 bits per heavy atom. The molecule has 6 heteroatoms. The van der Waals surface area contributed by atoms with Crippen molar-refractivity contribution in [2.24, 2.45) is 5.41 Å². The third kappa shape index (κ3) is 5.46. The Balaban J connectivity index is 3.45. The molecule has 0 saturated heterocycles. The van der Waals surface area contributed by atoms with Crippen LogP contribution in [0.15, 0.2) is 34.9 Å². The Labute approximate surface area is 147 Å². The molecule has 0 aliphatic heterocycles. The fourth-order valence-electron chi connectivity index (χ4n) is 2.21. The van der Waals surface area contributed by atoms with Crippen LogP contribution in [0.4, 0.5) is 0 Å². The van der Waals surface area contributed by atoms with Crippen LogP contribution in [-0.2, 0) is 19.4 Å². The maximum Gasteiger partial charge on any atom is 0.185 e. The highest BCUT2D eigenvalue weighted by molar-refractivity contribution is 9.09. The van der Waals surface area contributed by atoms with Gasteiger partial charge in [0, 0.05) is 17.2 Å². The summed E-state index contributed by atoms with van der Waals surface area (Å²) in [6.45, 7) is 7.82. The van der Waals surface area contributed by atoms with Crippen LogP contribution in [0, 0.1) is 5.41 Å². The molecule has 0 N–H and O–H groups in total. The zero-order valence-electron chi connectivity index (χ0n) is 14.1. The zero-order chi connectivity index (χ0) is 17.8. The molecule has 1 rings (SSSR count). The van der Waals surface area contributed by atoms with Crippen LogP contribution in [0.3, 0.4) is 0 Å². The van der Waals surface area contributed by atoms with Crippen LogP contribution in [0.5, 0.6) is 0 Å². The maximum atomic E-state index is 11.6. The standard InChI is InChI=1S/C17H23BrO4S/c1-12(10-18)22-15(11-19)16(17(2,3)4)13-6-8-14(9-7-13)23(5,20)21/h6-9,11-12H,10H2,1-5H3/b16-15+. The summed E-state index contributed by atoms with van der Waals surface area (Å²) in [6, 6.07) is 6.52. The summed E-state index contributed by atoms with van der Waals surface area (Å²) in [5.41, 5.74) is 1.18. The van der Waals surface area contributed by atoms with E-state index < -0.39 is 9.84 Å². The van der Waals surface area contributed by atoms with Crippen molar-refractivity contribution in [3.8, 4) is 0 Å². The van der Waals surface area contributed by atoms with Crippen LogP contribution in [-0.4, -0.2) is 32.4 Å². The van der Waals surface area contributed by atoms with E-state index in [9.17, 15) is 13.2 Å². The third-order valence-corrected chi connectivity index (χ3v) is 5.26. The highest BCUT2D eigenvalue weighted by Crippen LogP contribution is 2.37. The van der Waals surface area contributed by atoms with Crippen molar-refractivity contribution in [3.05, 3.63) is 35.6 Å². The molecule has 1 aromatic carbocycles. The van der Waals surface area contributed by atoms with E-state index in [2.05, 4.69) is 15.9 Å². The minimum atomic E-state index is -3.25. The first-order valence-corrected chi connectivity index (χ1v) is 10.2. The topological polar surface area (TPSA) is 60.4 Å². The van der Waals surface area contributed by atoms with Gasteiger partial charge >= 0.3 is 0 Å². The van der Waals surface area contributed by atoms with E-state index in [4.69, 9.17) is 4.74 Å². The molecule has 0 amide bonds. The lowest BCUT2D eigenvalue weighted by Gasteiger charge is -2.26. The predicted molar refractivity (Wildman–Crippen MR) is 96.3 cm³/mol. The molecule has 1 aromatic rings. The Hall–Kier alpha value is -1.14. The smallest absolute Gasteiger partial charge is 0.185 e. The van der Waals surface area contributed by atoms with Crippen molar-refractivity contribution < 1.29 is 17.9 Å². The van der Waals surface area contributed by atoms with Crippen molar-refractivity contribution in [2.75, 3.05) is 11.6 Å². The molecule has 0 spiro atoms. The quantitative estimate of drug-likeness (QED) is 0.313. The van der Waals surface area contributed by atoms with Gasteiger partial charge < -0.3 is 4.74 Å². The van der Waals surface area contributed by atoms with Gasteiger partial charge in [0.2, 0.25) is 0 Å². The van der Waals surface area contributed by atoms with Crippen molar-refractivity contribution in [3.63, 3.8) is 0 Å². The molecule has 1 unspecified atom stereocenters. The second-order valence-electron chi connectivity index (χ2n) is 6.49. The summed E-state index contributed by atoms with van der Waals surface area (Å²) in [6.07, 6.45) is 1.73. The first kappa shape index (κ1) is 19.9. The molecule has 0 bridgehead atoms. The summed E-state index contributed by atoms with van der Waals surface area (Å²) < 4.78 is 28.9. The summed E-state index contributed by atoms with van der Waals surface area (Å²) in [5, 5.41) is 0.606. The molecule has 4 nitrogen and oxygen atoms in total. The molecular formula is C17H23BrO4S. The first-order valence-electron chi connectivity index (χ1n) is 7.23. The van der Waals surface area contributed by atoms with E-state index >= 15 is 0 Å². The molecule has 0 fully saturated rings. The summed E-state index contributed by atoms with van der Waals surface area (Å²) >= 11 is 3.33. The van der Waals surface area contributed by atoms with Gasteiger partial charge in [0.1, 0.15) is 6.10 Å². The minimum Gasteiger partial charge on any atom is -0.486 e. The fraction of sp³-hybridized carbons (Fsp3) is 0.471. The number of rotatable bonds is 6. The van der Waals surface area contributed by atoms with E-state index in [0.717, 1.165) is 11.1 Å². The average Bonchev–Trinajstić information content (AvgIpc) is 2.44. The number of alkyl halides is 1. The number of ether oxygens (including phenoxy) is 1. The number of hydrogen-bond acceptors (Lipinski definition) is 4. The first-order chi connectivity index (χ1) is 10.5. The van der Waals surface area contributed by atoms with Gasteiger partial charge in [-0.2, -0.15) is 0 Å². The predicted octanol–water partition coefficient (Wildman–Crippen LogP) is 3.85. The van der Waals surface area contributed by atoms with E-state index in [1.165, 1.54) is 6.26 Å². The Kier molecular flexibility index (Phi) is 6.59. The van der Waals surface area contributed by atoms with Crippen molar-refractivity contribution in [2.45, 2.75) is 38.7 Å². The summed E-state index contributed by atoms with van der Waals surface area (Å²) in [5.74, 6) is 0.275. The number of carbonyl (C=O) groups excluding carboxylic acids is 1. The maximum absolute atomic E-state index is 11.6. The van der Waals surface area contributed by atoms with Gasteiger partial charge in [0.25, 0.3) is 0 Å². The Morgan fingerprint density at radius 3 is 2.13 bits per heavy atom. The van der Waals surface area contributed by atoms with E-state index in [1.54, 1.807) is 24.3 Å². The molecule has 23 heavy (non-hydrogen) atoms. The average molecular weight is 403 g/mol. The van der Waals surface area contributed by atoms with Gasteiger partial charge in [-0.25, -0.2) is 8.42 Å². The molecule has 0 heterocycles. The molecule has 0 radical (unpaired) electrons. The fourth-order valence-corrected chi connectivity index (χ4v) is 2.97. The Bertz CT molecular complexity index is 682. The SMILES string of the molecule is CC(CBr)O/C(C=O)=C(\c1ccc(S(C)(=O)=O)cc1)C(C)(C)C. The third-order valence-electron chi connectivity index (χ3n) is 3.22. The molecule has 0 aliphatic rings. The molecule has 0 aliphatic carbocycles. The largest absolute Gasteiger partial charge is 0.486 e. The number of allylic oxidation sites excluding steroid dienone is 2. The monoisotopic (exact) mass is 402 g/mol. The van der Waals surface area contributed by atoms with Crippen LogP contribution >= 0.6 is 15.9 Å². The second kappa shape index (κ2) is 7.62. The number of hydrogen-bond donors (Lipinski definition) is 0. The summed E-state index contributed by atoms with van der Waals surface area (Å²) in [7, 11) is -3.25. The molecule has 128 valence electrons. The van der Waals surface area contributed by atoms with E-state index in [0.29, 0.717) is 11.6 Å². The lowest BCUT2D eigenvalue weighted by atomic mass is 9.81.